The lowest BCUT2D eigenvalue weighted by atomic mass is 10.1. The number of phenolic OH excluding ortho intramolecular Hbond substituents is 1. The number of hydrogen-bond acceptors (Lipinski definition) is 6. The Kier molecular flexibility index (Phi) is 4.27. The summed E-state index contributed by atoms with van der Waals surface area (Å²) in [4.78, 5) is 19.2. The molecule has 3 aromatic heterocycles. The Morgan fingerprint density at radius 1 is 1.13 bits per heavy atom. The van der Waals surface area contributed by atoms with Crippen LogP contribution in [0.25, 0.3) is 22.8 Å². The molecule has 0 aliphatic carbocycles. The zero-order chi connectivity index (χ0) is 20.7. The van der Waals surface area contributed by atoms with E-state index in [9.17, 15) is 9.90 Å². The molecule has 9 nitrogen and oxygen atoms in total. The number of para-hydroxylation sites is 1. The van der Waals surface area contributed by atoms with Crippen LogP contribution in [0.4, 0.5) is 0 Å². The van der Waals surface area contributed by atoms with Crippen molar-refractivity contribution < 1.29 is 9.90 Å². The smallest absolute Gasteiger partial charge is 0.272 e. The van der Waals surface area contributed by atoms with Gasteiger partial charge in [-0.25, -0.2) is 0 Å². The molecule has 30 heavy (non-hydrogen) atoms. The van der Waals surface area contributed by atoms with E-state index < -0.39 is 0 Å². The molecule has 1 aromatic carbocycles. The highest BCUT2D eigenvalue weighted by molar-refractivity contribution is 5.93. The zero-order valence-corrected chi connectivity index (χ0v) is 16.2. The van der Waals surface area contributed by atoms with Gasteiger partial charge >= 0.3 is 0 Å². The largest absolute Gasteiger partial charge is 0.507 e. The first kappa shape index (κ1) is 18.0. The number of nitrogens with zero attached hydrogens (tertiary/aromatic N) is 6. The van der Waals surface area contributed by atoms with E-state index in [4.69, 9.17) is 0 Å². The Labute approximate surface area is 172 Å². The molecule has 0 saturated heterocycles. The molecule has 2 N–H and O–H groups in total. The van der Waals surface area contributed by atoms with Crippen LogP contribution in [0, 0.1) is 0 Å². The third-order valence-electron chi connectivity index (χ3n) is 5.19. The van der Waals surface area contributed by atoms with Crippen molar-refractivity contribution in [1.29, 1.82) is 0 Å². The Balaban J connectivity index is 1.41. The van der Waals surface area contributed by atoms with Crippen LogP contribution in [0.1, 0.15) is 29.3 Å². The average Bonchev–Trinajstić information content (AvgIpc) is 3.42. The number of hydrogen-bond donors (Lipinski definition) is 2. The summed E-state index contributed by atoms with van der Waals surface area (Å²) in [5.41, 5.74) is 2.20. The summed E-state index contributed by atoms with van der Waals surface area (Å²) in [5.74, 6) is 1.35. The summed E-state index contributed by atoms with van der Waals surface area (Å²) in [6, 6.07) is 14.2. The summed E-state index contributed by atoms with van der Waals surface area (Å²) in [6.45, 7) is 2.88. The molecule has 9 heteroatoms. The van der Waals surface area contributed by atoms with Crippen LogP contribution in [0.15, 0.2) is 54.7 Å². The van der Waals surface area contributed by atoms with Gasteiger partial charge in [0.2, 0.25) is 0 Å². The summed E-state index contributed by atoms with van der Waals surface area (Å²) >= 11 is 0. The van der Waals surface area contributed by atoms with Crippen molar-refractivity contribution >= 4 is 5.91 Å². The maximum atomic E-state index is 13.1. The number of aromatic amines is 1. The van der Waals surface area contributed by atoms with Crippen molar-refractivity contribution in [2.45, 2.75) is 19.5 Å². The fourth-order valence-electron chi connectivity index (χ4n) is 3.78. The number of pyridine rings is 1. The molecule has 0 spiro atoms. The predicted octanol–water partition coefficient (Wildman–Crippen LogP) is 2.65. The molecule has 150 valence electrons. The van der Waals surface area contributed by atoms with E-state index >= 15 is 0 Å². The minimum Gasteiger partial charge on any atom is -0.507 e. The van der Waals surface area contributed by atoms with Gasteiger partial charge in [-0.3, -0.25) is 14.9 Å². The molecule has 0 fully saturated rings. The van der Waals surface area contributed by atoms with Gasteiger partial charge < -0.3 is 14.6 Å². The first-order chi connectivity index (χ1) is 14.6. The third-order valence-corrected chi connectivity index (χ3v) is 5.19. The number of carbonyl (C=O) groups is 1. The Hall–Kier alpha value is -4.01. The maximum absolute atomic E-state index is 13.1. The number of H-pyrrole nitrogens is 1. The van der Waals surface area contributed by atoms with Gasteiger partial charge in [0.25, 0.3) is 5.91 Å². The number of amides is 1. The molecular formula is C21H19N7O2. The number of fused-ring (bicyclic) bond motifs is 1. The first-order valence-corrected chi connectivity index (χ1v) is 9.60. The van der Waals surface area contributed by atoms with Crippen molar-refractivity contribution in [3.05, 3.63) is 66.2 Å². The van der Waals surface area contributed by atoms with Crippen LogP contribution in [0.2, 0.25) is 0 Å². The minimum absolute atomic E-state index is 0.00901. The molecule has 1 amide bonds. The molecule has 1 aliphatic heterocycles. The van der Waals surface area contributed by atoms with Gasteiger partial charge in [-0.1, -0.05) is 18.2 Å². The topological polar surface area (TPSA) is 113 Å². The molecule has 1 aliphatic rings. The van der Waals surface area contributed by atoms with Crippen LogP contribution in [0.3, 0.4) is 0 Å². The summed E-state index contributed by atoms with van der Waals surface area (Å²) in [7, 11) is 0. The molecule has 4 heterocycles. The second kappa shape index (κ2) is 7.11. The first-order valence-electron chi connectivity index (χ1n) is 9.60. The average molecular weight is 401 g/mol. The van der Waals surface area contributed by atoms with E-state index in [1.807, 2.05) is 35.8 Å². The fourth-order valence-corrected chi connectivity index (χ4v) is 3.78. The molecular weight excluding hydrogens is 382 g/mol. The SMILES string of the molecule is C[C@H]1CN(C(=O)c2cc(-c3ccccc3O)n[nH]2)Cc2nnc(-c3ccccn3)n21. The van der Waals surface area contributed by atoms with Crippen LogP contribution in [-0.4, -0.2) is 52.4 Å². The molecule has 1 atom stereocenters. The van der Waals surface area contributed by atoms with Crippen LogP contribution < -0.4 is 0 Å². The molecule has 0 radical (unpaired) electrons. The van der Waals surface area contributed by atoms with Gasteiger partial charge in [0.1, 0.15) is 17.1 Å². The van der Waals surface area contributed by atoms with E-state index in [2.05, 4.69) is 25.4 Å². The quantitative estimate of drug-likeness (QED) is 0.546. The van der Waals surface area contributed by atoms with E-state index in [-0.39, 0.29) is 17.7 Å². The highest BCUT2D eigenvalue weighted by atomic mass is 16.3. The van der Waals surface area contributed by atoms with Crippen LogP contribution >= 0.6 is 0 Å². The summed E-state index contributed by atoms with van der Waals surface area (Å²) in [5, 5.41) is 25.6. The van der Waals surface area contributed by atoms with Gasteiger partial charge in [-0.2, -0.15) is 5.10 Å². The van der Waals surface area contributed by atoms with Gasteiger partial charge in [0, 0.05) is 18.3 Å². The van der Waals surface area contributed by atoms with Gasteiger partial charge in [-0.15, -0.1) is 10.2 Å². The number of nitrogens with one attached hydrogen (secondary N) is 1. The van der Waals surface area contributed by atoms with E-state index in [1.165, 1.54) is 0 Å². The Bertz CT molecular complexity index is 1220. The molecule has 0 bridgehead atoms. The summed E-state index contributed by atoms with van der Waals surface area (Å²) < 4.78 is 2.03. The number of carbonyl (C=O) groups excluding carboxylic acids is 1. The van der Waals surface area contributed by atoms with Gasteiger partial charge in [-0.05, 0) is 37.3 Å². The van der Waals surface area contributed by atoms with Crippen molar-refractivity contribution in [3.63, 3.8) is 0 Å². The minimum atomic E-state index is -0.176. The number of rotatable bonds is 3. The highest BCUT2D eigenvalue weighted by Gasteiger charge is 2.31. The second-order valence-corrected chi connectivity index (χ2v) is 7.24. The molecule has 4 aromatic rings. The normalized spacial score (nSPS) is 15.8. The van der Waals surface area contributed by atoms with Gasteiger partial charge in [0.05, 0.1) is 18.3 Å². The fraction of sp³-hybridized carbons (Fsp3) is 0.190. The second-order valence-electron chi connectivity index (χ2n) is 7.24. The number of benzene rings is 1. The summed E-state index contributed by atoms with van der Waals surface area (Å²) in [6.07, 6.45) is 1.72. The van der Waals surface area contributed by atoms with E-state index in [0.717, 1.165) is 5.69 Å². The number of phenols is 1. The number of aromatic nitrogens is 6. The van der Waals surface area contributed by atoms with Gasteiger partial charge in [0.15, 0.2) is 11.6 Å². The lowest BCUT2D eigenvalue weighted by Crippen LogP contribution is -2.40. The van der Waals surface area contributed by atoms with Crippen LogP contribution in [0.5, 0.6) is 5.75 Å². The van der Waals surface area contributed by atoms with Crippen molar-refractivity contribution in [3.8, 4) is 28.5 Å². The van der Waals surface area contributed by atoms with Crippen molar-refractivity contribution in [2.75, 3.05) is 6.54 Å². The standard InChI is InChI=1S/C21H19N7O2/c1-13-11-27(12-19-25-26-20(28(13)19)15-7-4-5-9-22-15)21(30)17-10-16(23-24-17)14-6-2-3-8-18(14)29/h2-10,13,29H,11-12H2,1H3,(H,23,24)/t13-/m0/s1. The van der Waals surface area contributed by atoms with E-state index in [0.29, 0.717) is 41.7 Å². The molecule has 5 rings (SSSR count). The monoisotopic (exact) mass is 401 g/mol. The molecule has 0 saturated carbocycles. The number of aromatic hydroxyl groups is 1. The van der Waals surface area contributed by atoms with E-state index in [1.54, 1.807) is 35.4 Å². The lowest BCUT2D eigenvalue weighted by Gasteiger charge is -2.32. The van der Waals surface area contributed by atoms with Crippen molar-refractivity contribution in [1.82, 2.24) is 34.8 Å². The van der Waals surface area contributed by atoms with Crippen LogP contribution in [-0.2, 0) is 6.54 Å². The third kappa shape index (κ3) is 3.00. The molecule has 0 unspecified atom stereocenters. The Morgan fingerprint density at radius 3 is 2.77 bits per heavy atom. The zero-order valence-electron chi connectivity index (χ0n) is 16.2. The maximum Gasteiger partial charge on any atom is 0.272 e. The lowest BCUT2D eigenvalue weighted by molar-refractivity contribution is 0.0676. The van der Waals surface area contributed by atoms with Crippen molar-refractivity contribution in [2.24, 2.45) is 0 Å². The Morgan fingerprint density at radius 2 is 1.97 bits per heavy atom. The predicted molar refractivity (Wildman–Crippen MR) is 108 cm³/mol. The highest BCUT2D eigenvalue weighted by Crippen LogP contribution is 2.29.